The van der Waals surface area contributed by atoms with Crippen LogP contribution in [0.4, 0.5) is 11.4 Å². The van der Waals surface area contributed by atoms with Gasteiger partial charge in [0.15, 0.2) is 0 Å². The van der Waals surface area contributed by atoms with Crippen LogP contribution in [-0.4, -0.2) is 20.6 Å². The normalized spacial score (nSPS) is 18.6. The molecule has 0 N–H and O–H groups in total. The molecule has 4 nitrogen and oxygen atoms in total. The van der Waals surface area contributed by atoms with Crippen LogP contribution >= 0.6 is 0 Å². The summed E-state index contributed by atoms with van der Waals surface area (Å²) in [6, 6.07) is 20.9. The Morgan fingerprint density at radius 2 is 0.875 bits per heavy atom. The van der Waals surface area contributed by atoms with Gasteiger partial charge in [0.25, 0.3) is 11.4 Å². The lowest BCUT2D eigenvalue weighted by Crippen LogP contribution is -2.30. The maximum Gasteiger partial charge on any atom is 0.256 e. The van der Waals surface area contributed by atoms with Gasteiger partial charge in [-0.2, -0.15) is 0 Å². The van der Waals surface area contributed by atoms with Crippen molar-refractivity contribution in [2.45, 2.75) is 64.5 Å². The van der Waals surface area contributed by atoms with E-state index in [0.29, 0.717) is 11.4 Å². The predicted octanol–water partition coefficient (Wildman–Crippen LogP) is 7.09. The summed E-state index contributed by atoms with van der Waals surface area (Å²) < 4.78 is 2.19. The zero-order chi connectivity index (χ0) is 23.0. The van der Waals surface area contributed by atoms with Crippen LogP contribution in [0.3, 0.4) is 0 Å². The molecule has 0 aliphatic heterocycles. The van der Waals surface area contributed by atoms with Crippen molar-refractivity contribution >= 4 is 11.4 Å². The van der Waals surface area contributed by atoms with Crippen molar-refractivity contribution in [1.82, 2.24) is 0 Å². The Labute approximate surface area is 189 Å². The van der Waals surface area contributed by atoms with Gasteiger partial charge in [0.05, 0.1) is 0 Å². The van der Waals surface area contributed by atoms with Crippen molar-refractivity contribution in [3.05, 3.63) is 104 Å². The third-order valence-electron chi connectivity index (χ3n) is 6.69. The van der Waals surface area contributed by atoms with E-state index in [-0.39, 0.29) is 11.8 Å². The Bertz CT molecular complexity index is 1210. The first-order valence-electron chi connectivity index (χ1n) is 11.3. The lowest BCUT2D eigenvalue weighted by Gasteiger charge is -2.41. The third-order valence-corrected chi connectivity index (χ3v) is 6.69. The van der Waals surface area contributed by atoms with Crippen molar-refractivity contribution in [1.29, 1.82) is 0 Å². The second kappa shape index (κ2) is 6.68. The first-order chi connectivity index (χ1) is 15.0. The van der Waals surface area contributed by atoms with E-state index in [2.05, 4.69) is 48.5 Å². The van der Waals surface area contributed by atoms with Crippen LogP contribution in [-0.2, 0) is 0 Å². The molecule has 3 aromatic carbocycles. The Balaban J connectivity index is 1.73. The zero-order valence-corrected chi connectivity index (χ0v) is 19.6. The molecule has 3 aromatic rings. The van der Waals surface area contributed by atoms with Gasteiger partial charge in [-0.05, 0) is 33.4 Å². The van der Waals surface area contributed by atoms with Crippen LogP contribution in [0.1, 0.15) is 86.8 Å². The van der Waals surface area contributed by atoms with E-state index < -0.39 is 11.1 Å². The standard InChI is InChI=1S/C28H30N2O2/c1-27(2,3)29(31)17-11-13-21-23(15-17)26-20-10-8-7-9-19(20)25(21)22-14-12-18(16-24(22)26)30(32)28(4,5)6/h7-16,25-26H,1-6H3/q+2. The lowest BCUT2D eigenvalue weighted by atomic mass is 9.61. The molecule has 32 heavy (non-hydrogen) atoms. The topological polar surface area (TPSA) is 40.2 Å². The molecule has 3 aliphatic carbocycles. The van der Waals surface area contributed by atoms with Crippen molar-refractivity contribution in [2.75, 3.05) is 0 Å². The number of benzene rings is 3. The molecule has 0 heterocycles. The van der Waals surface area contributed by atoms with Gasteiger partial charge >= 0.3 is 0 Å². The van der Waals surface area contributed by atoms with Gasteiger partial charge in [-0.1, -0.05) is 36.4 Å². The predicted molar refractivity (Wildman–Crippen MR) is 127 cm³/mol. The van der Waals surface area contributed by atoms with Crippen LogP contribution in [0.2, 0.25) is 0 Å². The summed E-state index contributed by atoms with van der Waals surface area (Å²) in [6.07, 6.45) is 0. The van der Waals surface area contributed by atoms with E-state index >= 15 is 0 Å². The molecule has 0 unspecified atom stereocenters. The highest BCUT2D eigenvalue weighted by Crippen LogP contribution is 2.56. The molecule has 0 radical (unpaired) electrons. The van der Waals surface area contributed by atoms with E-state index in [9.17, 15) is 9.81 Å². The highest BCUT2D eigenvalue weighted by molar-refractivity contribution is 5.70. The average molecular weight is 427 g/mol. The molecule has 2 bridgehead atoms. The molecule has 0 amide bonds. The van der Waals surface area contributed by atoms with Crippen molar-refractivity contribution < 1.29 is 9.52 Å². The Kier molecular flexibility index (Phi) is 4.33. The second-order valence-corrected chi connectivity index (χ2v) is 11.1. The third kappa shape index (κ3) is 2.96. The van der Waals surface area contributed by atoms with Crippen molar-refractivity contribution in [3.8, 4) is 0 Å². The summed E-state index contributed by atoms with van der Waals surface area (Å²) in [5, 5.41) is 0. The maximum absolute atomic E-state index is 13.0. The van der Waals surface area contributed by atoms with E-state index in [4.69, 9.17) is 0 Å². The first kappa shape index (κ1) is 20.7. The highest BCUT2D eigenvalue weighted by atomic mass is 16.3. The number of hydrogen-bond acceptors (Lipinski definition) is 2. The molecule has 0 fully saturated rings. The number of nitroso groups, excluding NO2 is 2. The van der Waals surface area contributed by atoms with Gasteiger partial charge in [-0.15, -0.1) is 0 Å². The second-order valence-electron chi connectivity index (χ2n) is 11.1. The minimum absolute atomic E-state index is 0.0165. The van der Waals surface area contributed by atoms with E-state index in [1.807, 2.05) is 53.7 Å². The molecule has 0 saturated carbocycles. The van der Waals surface area contributed by atoms with E-state index in [1.165, 1.54) is 33.4 Å². The van der Waals surface area contributed by atoms with Gasteiger partial charge in [0.2, 0.25) is 11.1 Å². The fourth-order valence-corrected chi connectivity index (χ4v) is 5.22. The van der Waals surface area contributed by atoms with Gasteiger partial charge in [0.1, 0.15) is 0 Å². The maximum atomic E-state index is 13.0. The monoisotopic (exact) mass is 426 g/mol. The summed E-state index contributed by atoms with van der Waals surface area (Å²) in [7, 11) is 0. The molecular formula is C28H30N2O2+2. The van der Waals surface area contributed by atoms with Crippen molar-refractivity contribution in [2.24, 2.45) is 0 Å². The fourth-order valence-electron chi connectivity index (χ4n) is 5.22. The van der Waals surface area contributed by atoms with E-state index in [1.54, 1.807) is 0 Å². The molecule has 4 heteroatoms. The molecule has 162 valence electrons. The summed E-state index contributed by atoms with van der Waals surface area (Å²) in [5.41, 5.74) is 7.79. The molecule has 0 aromatic heterocycles. The summed E-state index contributed by atoms with van der Waals surface area (Å²) in [6.45, 7) is 11.6. The van der Waals surface area contributed by atoms with Crippen molar-refractivity contribution in [3.63, 3.8) is 0 Å². The molecule has 0 saturated heterocycles. The number of nitrogens with zero attached hydrogens (tertiary/aromatic N) is 2. The SMILES string of the molecule is CC(C)(C)[N+](=O)c1ccc2c(c1)C1c3ccccc3C2c2ccc([N+](=O)C(C)(C)C)cc21. The summed E-state index contributed by atoms with van der Waals surface area (Å²) >= 11 is 0. The minimum Gasteiger partial charge on any atom is -0.0619 e. The summed E-state index contributed by atoms with van der Waals surface area (Å²) in [5.74, 6) is 0.136. The summed E-state index contributed by atoms with van der Waals surface area (Å²) in [4.78, 5) is 25.9. The molecule has 0 spiro atoms. The smallest absolute Gasteiger partial charge is 0.0619 e. The Hall–Kier alpha value is -3.14. The molecule has 3 aliphatic rings. The van der Waals surface area contributed by atoms with E-state index in [0.717, 1.165) is 9.52 Å². The quantitative estimate of drug-likeness (QED) is 0.283. The zero-order valence-electron chi connectivity index (χ0n) is 19.6. The Morgan fingerprint density at radius 3 is 1.25 bits per heavy atom. The van der Waals surface area contributed by atoms with Gasteiger partial charge in [-0.3, -0.25) is 0 Å². The van der Waals surface area contributed by atoms with Crippen LogP contribution in [0.5, 0.6) is 0 Å². The number of rotatable bonds is 2. The van der Waals surface area contributed by atoms with Crippen LogP contribution < -0.4 is 0 Å². The molecule has 6 rings (SSSR count). The van der Waals surface area contributed by atoms with Crippen LogP contribution in [0, 0.1) is 9.81 Å². The largest absolute Gasteiger partial charge is 0.256 e. The first-order valence-corrected chi connectivity index (χ1v) is 11.3. The molecule has 0 atom stereocenters. The number of hydrogen-bond donors (Lipinski definition) is 0. The average Bonchev–Trinajstić information content (AvgIpc) is 2.75. The molecular weight excluding hydrogens is 396 g/mol. The van der Waals surface area contributed by atoms with Gasteiger partial charge in [-0.25, -0.2) is 0 Å². The van der Waals surface area contributed by atoms with Crippen LogP contribution in [0.25, 0.3) is 0 Å². The van der Waals surface area contributed by atoms with Crippen LogP contribution in [0.15, 0.2) is 60.7 Å². The minimum atomic E-state index is -0.513. The lowest BCUT2D eigenvalue weighted by molar-refractivity contribution is -0.540. The highest BCUT2D eigenvalue weighted by Gasteiger charge is 2.44. The fraction of sp³-hybridized carbons (Fsp3) is 0.357. The Morgan fingerprint density at radius 1 is 0.531 bits per heavy atom. The van der Waals surface area contributed by atoms with Gasteiger partial charge < -0.3 is 0 Å². The van der Waals surface area contributed by atoms with Gasteiger partial charge in [0, 0.05) is 97.0 Å².